The minimum absolute atomic E-state index is 0.133. The van der Waals surface area contributed by atoms with Crippen LogP contribution in [-0.4, -0.2) is 61.5 Å². The molecule has 0 radical (unpaired) electrons. The van der Waals surface area contributed by atoms with Gasteiger partial charge in [-0.15, -0.1) is 0 Å². The van der Waals surface area contributed by atoms with E-state index >= 15 is 0 Å². The predicted octanol–water partition coefficient (Wildman–Crippen LogP) is 3.62. The number of piperazine rings is 1. The van der Waals surface area contributed by atoms with E-state index in [9.17, 15) is 9.18 Å². The molecule has 1 aromatic carbocycles. The lowest BCUT2D eigenvalue weighted by molar-refractivity contribution is -0.155. The molecule has 0 aromatic heterocycles. The molecule has 28 heavy (non-hydrogen) atoms. The Morgan fingerprint density at radius 1 is 1.11 bits per heavy atom. The molecule has 1 unspecified atom stereocenters. The summed E-state index contributed by atoms with van der Waals surface area (Å²) in [6.07, 6.45) is 3.27. The molecule has 2 heterocycles. The van der Waals surface area contributed by atoms with Gasteiger partial charge in [0.05, 0.1) is 5.41 Å². The highest BCUT2D eigenvalue weighted by atomic mass is 19.1. The highest BCUT2D eigenvalue weighted by Crippen LogP contribution is 2.59. The number of carbonyl (C=O) groups is 1. The monoisotopic (exact) mass is 387 g/mol. The van der Waals surface area contributed by atoms with Crippen molar-refractivity contribution in [2.75, 3.05) is 50.7 Å². The molecule has 2 bridgehead atoms. The first-order valence-electron chi connectivity index (χ1n) is 10.8. The molecule has 3 fully saturated rings. The van der Waals surface area contributed by atoms with E-state index in [1.165, 1.54) is 12.5 Å². The second-order valence-corrected chi connectivity index (χ2v) is 9.70. The molecular formula is C23H34FN3O. The maximum absolute atomic E-state index is 13.4. The molecule has 1 aromatic rings. The van der Waals surface area contributed by atoms with Gasteiger partial charge in [0.2, 0.25) is 5.91 Å². The van der Waals surface area contributed by atoms with Gasteiger partial charge in [0.1, 0.15) is 5.82 Å². The van der Waals surface area contributed by atoms with E-state index < -0.39 is 0 Å². The van der Waals surface area contributed by atoms with Gasteiger partial charge in [-0.05, 0) is 55.3 Å². The van der Waals surface area contributed by atoms with E-state index in [1.54, 1.807) is 12.1 Å². The lowest BCUT2D eigenvalue weighted by Crippen LogP contribution is -2.56. The normalized spacial score (nSPS) is 30.1. The summed E-state index contributed by atoms with van der Waals surface area (Å²) in [7, 11) is 0. The lowest BCUT2D eigenvalue weighted by Gasteiger charge is -2.49. The average Bonchev–Trinajstić information content (AvgIpc) is 2.81. The first-order chi connectivity index (χ1) is 13.3. The van der Waals surface area contributed by atoms with Crippen molar-refractivity contribution in [1.29, 1.82) is 0 Å². The zero-order valence-electron chi connectivity index (χ0n) is 17.6. The number of likely N-dealkylation sites (tertiary alicyclic amines) is 1. The van der Waals surface area contributed by atoms with Crippen molar-refractivity contribution in [2.45, 2.75) is 40.0 Å². The Hall–Kier alpha value is -1.62. The van der Waals surface area contributed by atoms with Gasteiger partial charge < -0.3 is 9.80 Å². The quantitative estimate of drug-likeness (QED) is 0.772. The summed E-state index contributed by atoms with van der Waals surface area (Å²) in [6.45, 7) is 13.5. The number of amides is 1. The predicted molar refractivity (Wildman–Crippen MR) is 111 cm³/mol. The minimum Gasteiger partial charge on any atom is -0.369 e. The van der Waals surface area contributed by atoms with Gasteiger partial charge >= 0.3 is 0 Å². The molecule has 1 aliphatic carbocycles. The van der Waals surface area contributed by atoms with Crippen molar-refractivity contribution in [3.8, 4) is 0 Å². The van der Waals surface area contributed by atoms with Crippen LogP contribution in [0, 0.1) is 22.6 Å². The Labute approximate surface area is 168 Å². The standard InChI is InChI=1S/C23H34FN3O/c1-22(2)18-8-9-23(22,3)21(28)27(17-18)11-5-10-25-12-14-26(15-13-25)20-7-4-6-19(24)16-20/h4,6-7,16,18H,5,8-15,17H2,1-3H3/t18?,23-/m0/s1. The second kappa shape index (κ2) is 7.33. The Balaban J connectivity index is 1.24. The zero-order chi connectivity index (χ0) is 19.9. The van der Waals surface area contributed by atoms with Gasteiger partial charge in [-0.1, -0.05) is 26.8 Å². The Morgan fingerprint density at radius 3 is 2.57 bits per heavy atom. The molecule has 2 saturated heterocycles. The summed E-state index contributed by atoms with van der Waals surface area (Å²) in [4.78, 5) is 20.0. The summed E-state index contributed by atoms with van der Waals surface area (Å²) in [5, 5.41) is 0. The van der Waals surface area contributed by atoms with E-state index in [1.807, 2.05) is 6.07 Å². The molecule has 4 rings (SSSR count). The highest BCUT2D eigenvalue weighted by molar-refractivity contribution is 5.85. The molecule has 0 spiro atoms. The third kappa shape index (κ3) is 3.32. The van der Waals surface area contributed by atoms with Crippen LogP contribution in [0.5, 0.6) is 0 Å². The van der Waals surface area contributed by atoms with Crippen LogP contribution in [0.1, 0.15) is 40.0 Å². The molecule has 154 valence electrons. The average molecular weight is 388 g/mol. The third-order valence-electron chi connectivity index (χ3n) is 8.08. The molecule has 4 nitrogen and oxygen atoms in total. The van der Waals surface area contributed by atoms with Crippen LogP contribution in [0.3, 0.4) is 0 Å². The number of nitrogens with zero attached hydrogens (tertiary/aromatic N) is 3. The zero-order valence-corrected chi connectivity index (χ0v) is 17.6. The van der Waals surface area contributed by atoms with E-state index in [0.29, 0.717) is 11.8 Å². The molecule has 0 N–H and O–H groups in total. The number of piperidine rings is 1. The fourth-order valence-corrected chi connectivity index (χ4v) is 5.58. The molecule has 1 amide bonds. The van der Waals surface area contributed by atoms with E-state index in [2.05, 4.69) is 35.5 Å². The number of carbonyl (C=O) groups excluding carboxylic acids is 1. The van der Waals surface area contributed by atoms with Gasteiger partial charge in [0.15, 0.2) is 0 Å². The first kappa shape index (κ1) is 19.7. The summed E-state index contributed by atoms with van der Waals surface area (Å²) >= 11 is 0. The van der Waals surface area contributed by atoms with Gasteiger partial charge in [-0.2, -0.15) is 0 Å². The van der Waals surface area contributed by atoms with Crippen LogP contribution in [0.15, 0.2) is 24.3 Å². The van der Waals surface area contributed by atoms with Crippen molar-refractivity contribution in [1.82, 2.24) is 9.80 Å². The molecule has 3 aliphatic rings. The lowest BCUT2D eigenvalue weighted by atomic mass is 9.62. The third-order valence-corrected chi connectivity index (χ3v) is 8.08. The molecule has 5 heteroatoms. The number of fused-ring (bicyclic) bond motifs is 2. The number of rotatable bonds is 5. The largest absolute Gasteiger partial charge is 0.369 e. The van der Waals surface area contributed by atoms with Crippen LogP contribution in [0.4, 0.5) is 10.1 Å². The van der Waals surface area contributed by atoms with E-state index in [0.717, 1.165) is 64.3 Å². The van der Waals surface area contributed by atoms with E-state index in [-0.39, 0.29) is 16.6 Å². The smallest absolute Gasteiger partial charge is 0.229 e. The Bertz CT molecular complexity index is 728. The highest BCUT2D eigenvalue weighted by Gasteiger charge is 2.60. The summed E-state index contributed by atoms with van der Waals surface area (Å²) in [6, 6.07) is 6.88. The number of anilines is 1. The van der Waals surface area contributed by atoms with Crippen LogP contribution in [0.2, 0.25) is 0 Å². The van der Waals surface area contributed by atoms with Crippen molar-refractivity contribution in [3.05, 3.63) is 30.1 Å². The van der Waals surface area contributed by atoms with Crippen LogP contribution < -0.4 is 4.90 Å². The van der Waals surface area contributed by atoms with Crippen LogP contribution >= 0.6 is 0 Å². The maximum atomic E-state index is 13.4. The van der Waals surface area contributed by atoms with Crippen molar-refractivity contribution >= 4 is 11.6 Å². The summed E-state index contributed by atoms with van der Waals surface area (Å²) in [5.41, 5.74) is 0.935. The van der Waals surface area contributed by atoms with Gasteiger partial charge in [-0.25, -0.2) is 4.39 Å². The maximum Gasteiger partial charge on any atom is 0.229 e. The fraction of sp³-hybridized carbons (Fsp3) is 0.696. The van der Waals surface area contributed by atoms with Crippen LogP contribution in [-0.2, 0) is 4.79 Å². The topological polar surface area (TPSA) is 26.8 Å². The minimum atomic E-state index is -0.174. The van der Waals surface area contributed by atoms with Gasteiger partial charge in [0, 0.05) is 45.0 Å². The first-order valence-corrected chi connectivity index (χ1v) is 10.8. The van der Waals surface area contributed by atoms with Crippen molar-refractivity contribution in [2.24, 2.45) is 16.7 Å². The van der Waals surface area contributed by atoms with Gasteiger partial charge in [0.25, 0.3) is 0 Å². The molecular weight excluding hydrogens is 353 g/mol. The number of hydrogen-bond donors (Lipinski definition) is 0. The second-order valence-electron chi connectivity index (χ2n) is 9.70. The SMILES string of the molecule is CC1(C)C2CC[C@@]1(C)C(=O)N(CCCN1CCN(c3cccc(F)c3)CC1)C2. The molecule has 1 saturated carbocycles. The van der Waals surface area contributed by atoms with E-state index in [4.69, 9.17) is 0 Å². The number of halogens is 1. The number of benzene rings is 1. The Kier molecular flexibility index (Phi) is 5.15. The van der Waals surface area contributed by atoms with Gasteiger partial charge in [-0.3, -0.25) is 9.69 Å². The fourth-order valence-electron chi connectivity index (χ4n) is 5.58. The Morgan fingerprint density at radius 2 is 1.86 bits per heavy atom. The van der Waals surface area contributed by atoms with Crippen molar-refractivity contribution < 1.29 is 9.18 Å². The number of hydrogen-bond acceptors (Lipinski definition) is 3. The molecule has 2 aliphatic heterocycles. The summed E-state index contributed by atoms with van der Waals surface area (Å²) < 4.78 is 13.4. The molecule has 2 atom stereocenters. The van der Waals surface area contributed by atoms with Crippen LogP contribution in [0.25, 0.3) is 0 Å². The van der Waals surface area contributed by atoms with Crippen molar-refractivity contribution in [3.63, 3.8) is 0 Å². The summed E-state index contributed by atoms with van der Waals surface area (Å²) in [5.74, 6) is 0.851.